The number of rotatable bonds is 1. The first-order valence-corrected chi connectivity index (χ1v) is 7.71. The first-order chi connectivity index (χ1) is 10.2. The van der Waals surface area contributed by atoms with E-state index >= 15 is 0 Å². The third-order valence-corrected chi connectivity index (χ3v) is 4.52. The minimum Gasteiger partial charge on any atom is -0.328 e. The van der Waals surface area contributed by atoms with E-state index in [0.717, 1.165) is 34.1 Å². The molecule has 0 unspecified atom stereocenters. The van der Waals surface area contributed by atoms with Gasteiger partial charge in [0.05, 0.1) is 0 Å². The highest BCUT2D eigenvalue weighted by Gasteiger charge is 2.35. The minimum atomic E-state index is -0.181. The zero-order chi connectivity index (χ0) is 14.4. The van der Waals surface area contributed by atoms with E-state index in [-0.39, 0.29) is 11.8 Å². The van der Waals surface area contributed by atoms with Crippen LogP contribution in [0.4, 0.5) is 5.95 Å². The number of anilines is 1. The van der Waals surface area contributed by atoms with Crippen LogP contribution in [0.25, 0.3) is 0 Å². The van der Waals surface area contributed by atoms with E-state index in [1.54, 1.807) is 4.68 Å². The maximum absolute atomic E-state index is 12.4. The van der Waals surface area contributed by atoms with E-state index in [0.29, 0.717) is 12.4 Å². The van der Waals surface area contributed by atoms with Crippen molar-refractivity contribution in [2.24, 2.45) is 0 Å². The van der Waals surface area contributed by atoms with Gasteiger partial charge in [0.2, 0.25) is 5.95 Å². The topological polar surface area (TPSA) is 59.8 Å². The molecular formula is C15H13BrN4O. The van der Waals surface area contributed by atoms with Crippen LogP contribution in [-0.4, -0.2) is 20.5 Å². The molecule has 1 atom stereocenters. The maximum atomic E-state index is 12.4. The van der Waals surface area contributed by atoms with Gasteiger partial charge in [-0.15, -0.1) is 0 Å². The lowest BCUT2D eigenvalue weighted by molar-refractivity contribution is -0.116. The van der Waals surface area contributed by atoms with Gasteiger partial charge in [-0.1, -0.05) is 28.1 Å². The first-order valence-electron chi connectivity index (χ1n) is 6.92. The molecule has 1 aromatic heterocycles. The largest absolute Gasteiger partial charge is 0.328 e. The zero-order valence-corrected chi connectivity index (χ0v) is 12.8. The molecule has 5 nitrogen and oxygen atoms in total. The van der Waals surface area contributed by atoms with Crippen LogP contribution in [0.2, 0.25) is 0 Å². The summed E-state index contributed by atoms with van der Waals surface area (Å²) in [6, 6.07) is 7.85. The predicted octanol–water partition coefficient (Wildman–Crippen LogP) is 3.06. The minimum absolute atomic E-state index is 0.181. The second kappa shape index (κ2) is 4.80. The van der Waals surface area contributed by atoms with Gasteiger partial charge in [-0.05, 0) is 30.5 Å². The van der Waals surface area contributed by atoms with Crippen LogP contribution in [-0.2, 0) is 4.79 Å². The molecule has 2 aromatic rings. The number of fused-ring (bicyclic) bond motifs is 1. The molecule has 6 heteroatoms. The lowest BCUT2D eigenvalue weighted by Gasteiger charge is -2.32. The van der Waals surface area contributed by atoms with Gasteiger partial charge in [-0.3, -0.25) is 4.79 Å². The molecule has 4 rings (SSSR count). The third-order valence-electron chi connectivity index (χ3n) is 4.00. The fourth-order valence-corrected chi connectivity index (χ4v) is 3.31. The predicted molar refractivity (Wildman–Crippen MR) is 81.8 cm³/mol. The normalized spacial score (nSPS) is 20.8. The zero-order valence-electron chi connectivity index (χ0n) is 11.2. The Kier molecular flexibility index (Phi) is 2.92. The molecule has 1 aliphatic carbocycles. The number of hydrogen-bond acceptors (Lipinski definition) is 4. The lowest BCUT2D eigenvalue weighted by Crippen LogP contribution is -2.31. The van der Waals surface area contributed by atoms with Crippen molar-refractivity contribution in [3.8, 4) is 0 Å². The summed E-state index contributed by atoms with van der Waals surface area (Å²) in [6.45, 7) is 0. The Balaban J connectivity index is 1.91. The van der Waals surface area contributed by atoms with Crippen LogP contribution in [0.1, 0.15) is 30.9 Å². The molecule has 0 amide bonds. The number of nitrogens with zero attached hydrogens (tertiary/aromatic N) is 3. The van der Waals surface area contributed by atoms with Crippen molar-refractivity contribution in [3.05, 3.63) is 51.9 Å². The number of ketones is 1. The van der Waals surface area contributed by atoms with Gasteiger partial charge in [0.25, 0.3) is 0 Å². The highest BCUT2D eigenvalue weighted by Crippen LogP contribution is 2.39. The van der Waals surface area contributed by atoms with Crippen molar-refractivity contribution in [2.75, 3.05) is 5.32 Å². The molecule has 1 aromatic carbocycles. The first kappa shape index (κ1) is 12.8. The number of carbonyl (C=O) groups is 1. The highest BCUT2D eigenvalue weighted by atomic mass is 79.9. The molecule has 0 saturated heterocycles. The highest BCUT2D eigenvalue weighted by molar-refractivity contribution is 9.10. The molecule has 21 heavy (non-hydrogen) atoms. The Morgan fingerprint density at radius 2 is 2.05 bits per heavy atom. The Hall–Kier alpha value is -1.95. The number of benzene rings is 1. The van der Waals surface area contributed by atoms with E-state index in [1.807, 2.05) is 24.3 Å². The molecule has 2 heterocycles. The molecule has 0 saturated carbocycles. The summed E-state index contributed by atoms with van der Waals surface area (Å²) < 4.78 is 2.81. The van der Waals surface area contributed by atoms with Crippen LogP contribution < -0.4 is 5.32 Å². The van der Waals surface area contributed by atoms with E-state index in [4.69, 9.17) is 0 Å². The summed E-state index contributed by atoms with van der Waals surface area (Å²) in [5, 5.41) is 7.57. The molecular weight excluding hydrogens is 332 g/mol. The maximum Gasteiger partial charge on any atom is 0.226 e. The Morgan fingerprint density at radius 3 is 2.86 bits per heavy atom. The number of allylic oxidation sites excluding steroid dienone is 2. The van der Waals surface area contributed by atoms with Crippen LogP contribution in [0, 0.1) is 0 Å². The average Bonchev–Trinajstić information content (AvgIpc) is 2.94. The van der Waals surface area contributed by atoms with Gasteiger partial charge >= 0.3 is 0 Å². The smallest absolute Gasteiger partial charge is 0.226 e. The van der Waals surface area contributed by atoms with Crippen LogP contribution in [0.3, 0.4) is 0 Å². The summed E-state index contributed by atoms with van der Waals surface area (Å²) >= 11 is 3.45. The van der Waals surface area contributed by atoms with Crippen molar-refractivity contribution in [1.82, 2.24) is 14.8 Å². The van der Waals surface area contributed by atoms with Crippen LogP contribution >= 0.6 is 15.9 Å². The van der Waals surface area contributed by atoms with Crippen LogP contribution in [0.15, 0.2) is 46.3 Å². The van der Waals surface area contributed by atoms with Gasteiger partial charge in [0.1, 0.15) is 12.4 Å². The van der Waals surface area contributed by atoms with Gasteiger partial charge in [-0.25, -0.2) is 4.68 Å². The van der Waals surface area contributed by atoms with E-state index in [9.17, 15) is 4.79 Å². The number of hydrogen-bond donors (Lipinski definition) is 1. The van der Waals surface area contributed by atoms with Crippen molar-refractivity contribution < 1.29 is 4.79 Å². The Morgan fingerprint density at radius 1 is 1.24 bits per heavy atom. The summed E-state index contributed by atoms with van der Waals surface area (Å²) in [5.41, 5.74) is 2.88. The average molecular weight is 345 g/mol. The van der Waals surface area contributed by atoms with Gasteiger partial charge in [-0.2, -0.15) is 10.1 Å². The monoisotopic (exact) mass is 344 g/mol. The molecule has 106 valence electrons. The second-order valence-corrected chi connectivity index (χ2v) is 6.19. The van der Waals surface area contributed by atoms with Crippen molar-refractivity contribution in [2.45, 2.75) is 25.3 Å². The van der Waals surface area contributed by atoms with Crippen molar-refractivity contribution in [1.29, 1.82) is 0 Å². The molecule has 1 N–H and O–H groups in total. The van der Waals surface area contributed by atoms with E-state index < -0.39 is 0 Å². The quantitative estimate of drug-likeness (QED) is 0.863. The molecule has 0 radical (unpaired) electrons. The Bertz CT molecular complexity index is 747. The third kappa shape index (κ3) is 2.01. The van der Waals surface area contributed by atoms with Crippen molar-refractivity contribution >= 4 is 27.7 Å². The SMILES string of the molecule is O=C1CCCC2=C1[C@H](c1ccc(Br)cc1)n1ncnc1N2. The van der Waals surface area contributed by atoms with Crippen LogP contribution in [0.5, 0.6) is 0 Å². The van der Waals surface area contributed by atoms with Gasteiger partial charge in [0.15, 0.2) is 5.78 Å². The number of halogens is 1. The van der Waals surface area contributed by atoms with E-state index in [2.05, 4.69) is 31.3 Å². The van der Waals surface area contributed by atoms with Gasteiger partial charge in [0, 0.05) is 22.2 Å². The number of aromatic nitrogens is 3. The molecule has 2 aliphatic rings. The summed E-state index contributed by atoms with van der Waals surface area (Å²) in [4.78, 5) is 16.7. The van der Waals surface area contributed by atoms with Gasteiger partial charge < -0.3 is 5.32 Å². The second-order valence-electron chi connectivity index (χ2n) is 5.28. The summed E-state index contributed by atoms with van der Waals surface area (Å²) in [5.74, 6) is 0.911. The molecule has 0 spiro atoms. The molecule has 0 fully saturated rings. The molecule has 1 aliphatic heterocycles. The number of Topliss-reactive ketones (excluding diaryl/α,β-unsaturated/α-hetero) is 1. The fraction of sp³-hybridized carbons (Fsp3) is 0.267. The van der Waals surface area contributed by atoms with E-state index in [1.165, 1.54) is 6.33 Å². The molecule has 0 bridgehead atoms. The summed E-state index contributed by atoms with van der Waals surface area (Å²) in [7, 11) is 0. The number of carbonyl (C=O) groups excluding carboxylic acids is 1. The fourth-order valence-electron chi connectivity index (χ4n) is 3.05. The standard InChI is InChI=1S/C15H13BrN4O/c16-10-6-4-9(5-7-10)14-13-11(2-1-3-12(13)21)19-15-17-8-18-20(14)15/h4-8,14H,1-3H2,(H,17,18,19)/t14-/m0/s1. The van der Waals surface area contributed by atoms with Crippen molar-refractivity contribution in [3.63, 3.8) is 0 Å². The lowest BCUT2D eigenvalue weighted by atomic mass is 9.85. The number of nitrogens with one attached hydrogen (secondary N) is 1. The Labute approximate surface area is 130 Å². The summed E-state index contributed by atoms with van der Waals surface area (Å²) in [6.07, 6.45) is 3.92.